The Kier molecular flexibility index (Phi) is 2.50. The fourth-order valence-corrected chi connectivity index (χ4v) is 1.18. The summed E-state index contributed by atoms with van der Waals surface area (Å²) in [5, 5.41) is 0. The lowest BCUT2D eigenvalue weighted by Crippen LogP contribution is -2.18. The van der Waals surface area contributed by atoms with Crippen molar-refractivity contribution >= 4 is 6.29 Å². The van der Waals surface area contributed by atoms with E-state index in [2.05, 4.69) is 0 Å². The molecule has 0 saturated heterocycles. The van der Waals surface area contributed by atoms with Crippen molar-refractivity contribution in [3.05, 3.63) is 35.1 Å². The molecular formula is C11H13FO. The molecule has 0 aliphatic carbocycles. The molecule has 2 heteroatoms. The lowest BCUT2D eigenvalue weighted by atomic mass is 9.85. The van der Waals surface area contributed by atoms with E-state index in [4.69, 9.17) is 0 Å². The van der Waals surface area contributed by atoms with Crippen LogP contribution in [0.1, 0.15) is 25.0 Å². The van der Waals surface area contributed by atoms with Gasteiger partial charge in [-0.25, -0.2) is 4.39 Å². The van der Waals surface area contributed by atoms with Crippen LogP contribution in [0.2, 0.25) is 0 Å². The molecule has 0 amide bonds. The van der Waals surface area contributed by atoms with Crippen molar-refractivity contribution < 1.29 is 9.18 Å². The minimum atomic E-state index is -0.604. The second kappa shape index (κ2) is 3.29. The standard InChI is InChI=1S/C11H13FO/c1-8-4-9(6-10(12)5-8)11(2,3)7-13/h4-7H,1-3H3. The van der Waals surface area contributed by atoms with E-state index < -0.39 is 5.41 Å². The van der Waals surface area contributed by atoms with Crippen molar-refractivity contribution in [2.24, 2.45) is 0 Å². The Morgan fingerprint density at radius 3 is 2.38 bits per heavy atom. The molecule has 0 aliphatic rings. The monoisotopic (exact) mass is 180 g/mol. The van der Waals surface area contributed by atoms with E-state index in [1.807, 2.05) is 13.0 Å². The minimum absolute atomic E-state index is 0.287. The summed E-state index contributed by atoms with van der Waals surface area (Å²) >= 11 is 0. The molecule has 70 valence electrons. The van der Waals surface area contributed by atoms with Gasteiger partial charge in [0.05, 0.1) is 0 Å². The quantitative estimate of drug-likeness (QED) is 0.639. The van der Waals surface area contributed by atoms with E-state index in [0.717, 1.165) is 17.4 Å². The Bertz CT molecular complexity index is 309. The highest BCUT2D eigenvalue weighted by Crippen LogP contribution is 2.22. The lowest BCUT2D eigenvalue weighted by Gasteiger charge is -2.17. The summed E-state index contributed by atoms with van der Waals surface area (Å²) < 4.78 is 13.0. The largest absolute Gasteiger partial charge is 0.302 e. The van der Waals surface area contributed by atoms with Crippen molar-refractivity contribution in [3.8, 4) is 0 Å². The van der Waals surface area contributed by atoms with Gasteiger partial charge in [-0.05, 0) is 44.0 Å². The molecule has 0 heterocycles. The Balaban J connectivity index is 3.22. The van der Waals surface area contributed by atoms with Crippen LogP contribution < -0.4 is 0 Å². The summed E-state index contributed by atoms with van der Waals surface area (Å²) in [5.74, 6) is -0.287. The molecule has 0 atom stereocenters. The molecule has 0 fully saturated rings. The fraction of sp³-hybridized carbons (Fsp3) is 0.364. The van der Waals surface area contributed by atoms with E-state index in [0.29, 0.717) is 0 Å². The first-order valence-corrected chi connectivity index (χ1v) is 4.20. The SMILES string of the molecule is Cc1cc(F)cc(C(C)(C)C=O)c1. The molecule has 0 unspecified atom stereocenters. The predicted octanol–water partition coefficient (Wildman–Crippen LogP) is 2.61. The van der Waals surface area contributed by atoms with Crippen molar-refractivity contribution in [2.45, 2.75) is 26.2 Å². The first-order chi connectivity index (χ1) is 5.95. The topological polar surface area (TPSA) is 17.1 Å². The maximum atomic E-state index is 13.0. The third-order valence-corrected chi connectivity index (χ3v) is 2.08. The maximum Gasteiger partial charge on any atom is 0.129 e. The van der Waals surface area contributed by atoms with Crippen LogP contribution in [0.25, 0.3) is 0 Å². The number of aryl methyl sites for hydroxylation is 1. The molecule has 0 N–H and O–H groups in total. The highest BCUT2D eigenvalue weighted by atomic mass is 19.1. The van der Waals surface area contributed by atoms with Crippen LogP contribution in [0.3, 0.4) is 0 Å². The number of rotatable bonds is 2. The van der Waals surface area contributed by atoms with Crippen LogP contribution in [-0.4, -0.2) is 6.29 Å². The number of halogens is 1. The molecule has 1 aromatic rings. The van der Waals surface area contributed by atoms with Crippen molar-refractivity contribution in [2.75, 3.05) is 0 Å². The zero-order chi connectivity index (χ0) is 10.1. The van der Waals surface area contributed by atoms with E-state index in [1.54, 1.807) is 13.8 Å². The van der Waals surface area contributed by atoms with Crippen molar-refractivity contribution in [3.63, 3.8) is 0 Å². The Labute approximate surface area is 77.6 Å². The fourth-order valence-electron chi connectivity index (χ4n) is 1.18. The molecule has 1 aromatic carbocycles. The molecule has 0 aliphatic heterocycles. The second-order valence-corrected chi connectivity index (χ2v) is 3.86. The number of carbonyl (C=O) groups excluding carboxylic acids is 1. The molecule has 0 bridgehead atoms. The molecule has 1 rings (SSSR count). The zero-order valence-corrected chi connectivity index (χ0v) is 8.10. The smallest absolute Gasteiger partial charge is 0.129 e. The second-order valence-electron chi connectivity index (χ2n) is 3.86. The number of aldehydes is 1. The molecule has 13 heavy (non-hydrogen) atoms. The van der Waals surface area contributed by atoms with Crippen LogP contribution in [0.15, 0.2) is 18.2 Å². The van der Waals surface area contributed by atoms with Gasteiger partial charge >= 0.3 is 0 Å². The zero-order valence-electron chi connectivity index (χ0n) is 8.10. The molecule has 0 saturated carbocycles. The van der Waals surface area contributed by atoms with Gasteiger partial charge in [0, 0.05) is 5.41 Å². The van der Waals surface area contributed by atoms with E-state index in [9.17, 15) is 9.18 Å². The van der Waals surface area contributed by atoms with Crippen LogP contribution >= 0.6 is 0 Å². The highest BCUT2D eigenvalue weighted by molar-refractivity contribution is 5.67. The van der Waals surface area contributed by atoms with Gasteiger partial charge in [0.25, 0.3) is 0 Å². The van der Waals surface area contributed by atoms with Crippen molar-refractivity contribution in [1.82, 2.24) is 0 Å². The summed E-state index contributed by atoms with van der Waals surface area (Å²) in [5.41, 5.74) is 0.956. The molecule has 1 nitrogen and oxygen atoms in total. The maximum absolute atomic E-state index is 13.0. The van der Waals surface area contributed by atoms with Crippen molar-refractivity contribution in [1.29, 1.82) is 0 Å². The first-order valence-electron chi connectivity index (χ1n) is 4.20. The Morgan fingerprint density at radius 1 is 1.31 bits per heavy atom. The number of hydrogen-bond donors (Lipinski definition) is 0. The molecule has 0 aromatic heterocycles. The summed E-state index contributed by atoms with van der Waals surface area (Å²) in [6, 6.07) is 4.68. The van der Waals surface area contributed by atoms with Gasteiger partial charge in [-0.3, -0.25) is 0 Å². The lowest BCUT2D eigenvalue weighted by molar-refractivity contribution is -0.111. The van der Waals surface area contributed by atoms with Gasteiger partial charge < -0.3 is 4.79 Å². The average molecular weight is 180 g/mol. The van der Waals surface area contributed by atoms with E-state index >= 15 is 0 Å². The summed E-state index contributed by atoms with van der Waals surface area (Å²) in [4.78, 5) is 10.7. The third-order valence-electron chi connectivity index (χ3n) is 2.08. The van der Waals surface area contributed by atoms with Gasteiger partial charge in [0.2, 0.25) is 0 Å². The third kappa shape index (κ3) is 2.14. The molecule has 0 radical (unpaired) electrons. The van der Waals surface area contributed by atoms with E-state index in [-0.39, 0.29) is 5.82 Å². The van der Waals surface area contributed by atoms with Gasteiger partial charge in [-0.15, -0.1) is 0 Å². The number of benzene rings is 1. The normalized spacial score (nSPS) is 11.4. The van der Waals surface area contributed by atoms with Gasteiger partial charge in [0.1, 0.15) is 12.1 Å². The Morgan fingerprint density at radius 2 is 1.92 bits per heavy atom. The van der Waals surface area contributed by atoms with Gasteiger partial charge in [-0.1, -0.05) is 6.07 Å². The first kappa shape index (κ1) is 9.90. The number of carbonyl (C=O) groups is 1. The van der Waals surface area contributed by atoms with Crippen LogP contribution in [0.4, 0.5) is 4.39 Å². The molecular weight excluding hydrogens is 167 g/mol. The summed E-state index contributed by atoms with van der Waals surface area (Å²) in [6.07, 6.45) is 0.835. The van der Waals surface area contributed by atoms with Gasteiger partial charge in [0.15, 0.2) is 0 Å². The summed E-state index contributed by atoms with van der Waals surface area (Å²) in [7, 11) is 0. The highest BCUT2D eigenvalue weighted by Gasteiger charge is 2.20. The van der Waals surface area contributed by atoms with Gasteiger partial charge in [-0.2, -0.15) is 0 Å². The minimum Gasteiger partial charge on any atom is -0.302 e. The average Bonchev–Trinajstić information content (AvgIpc) is 2.02. The Hall–Kier alpha value is -1.18. The van der Waals surface area contributed by atoms with Crippen LogP contribution in [-0.2, 0) is 10.2 Å². The number of hydrogen-bond acceptors (Lipinski definition) is 1. The molecule has 0 spiro atoms. The van der Waals surface area contributed by atoms with E-state index in [1.165, 1.54) is 12.1 Å². The van der Waals surface area contributed by atoms with Crippen LogP contribution in [0.5, 0.6) is 0 Å². The predicted molar refractivity (Wildman–Crippen MR) is 50.2 cm³/mol. The summed E-state index contributed by atoms with van der Waals surface area (Å²) in [6.45, 7) is 5.36. The van der Waals surface area contributed by atoms with Crippen LogP contribution in [0, 0.1) is 12.7 Å².